The fourth-order valence-electron chi connectivity index (χ4n) is 5.26. The van der Waals surface area contributed by atoms with Gasteiger partial charge >= 0.3 is 5.97 Å². The lowest BCUT2D eigenvalue weighted by atomic mass is 9.91. The van der Waals surface area contributed by atoms with Crippen molar-refractivity contribution in [2.45, 2.75) is 26.2 Å². The van der Waals surface area contributed by atoms with Crippen molar-refractivity contribution in [1.29, 1.82) is 0 Å². The van der Waals surface area contributed by atoms with Crippen molar-refractivity contribution in [1.82, 2.24) is 15.2 Å². The van der Waals surface area contributed by atoms with E-state index in [9.17, 15) is 9.18 Å². The van der Waals surface area contributed by atoms with Crippen LogP contribution in [0.25, 0.3) is 44.0 Å². The Morgan fingerprint density at radius 3 is 2.41 bits per heavy atom. The summed E-state index contributed by atoms with van der Waals surface area (Å²) in [6.45, 7) is 3.56. The second kappa shape index (κ2) is 11.9. The lowest BCUT2D eigenvalue weighted by molar-refractivity contribution is 0.0528. The minimum Gasteiger partial charge on any atom is -0.462 e. The fraction of sp³-hybridized carbons (Fsp3) is 0.233. The van der Waals surface area contributed by atoms with Crippen molar-refractivity contribution < 1.29 is 22.7 Å². The molecule has 1 aliphatic rings. The Morgan fingerprint density at radius 1 is 1.00 bits per heavy atom. The van der Waals surface area contributed by atoms with Gasteiger partial charge in [0.15, 0.2) is 17.3 Å². The number of piperidine rings is 1. The number of hydrogen-bond donors (Lipinski definition) is 1. The number of ether oxygens (including phenoxy) is 1. The third-order valence-corrected chi connectivity index (χ3v) is 7.99. The average molecular weight is 599 g/mol. The Bertz CT molecular complexity index is 1700. The predicted molar refractivity (Wildman–Crippen MR) is 157 cm³/mol. The highest BCUT2D eigenvalue weighted by atomic mass is 35.5. The van der Waals surface area contributed by atoms with Crippen molar-refractivity contribution in [3.05, 3.63) is 76.9 Å². The maximum atomic E-state index is 15.2. The second-order valence-electron chi connectivity index (χ2n) is 9.52. The van der Waals surface area contributed by atoms with Gasteiger partial charge in [-0.2, -0.15) is 5.10 Å². The molecule has 1 fully saturated rings. The molecule has 0 unspecified atom stereocenters. The van der Waals surface area contributed by atoms with Crippen LogP contribution in [0.4, 0.5) is 18.9 Å². The number of nitrogens with zero attached hydrogens (tertiary/aromatic N) is 3. The van der Waals surface area contributed by atoms with Gasteiger partial charge in [-0.3, -0.25) is 5.10 Å². The van der Waals surface area contributed by atoms with Crippen LogP contribution in [-0.4, -0.2) is 40.8 Å². The number of carbonyl (C=O) groups excluding carboxylic acids is 1. The van der Waals surface area contributed by atoms with E-state index in [4.69, 9.17) is 4.74 Å². The highest BCUT2D eigenvalue weighted by Gasteiger charge is 2.31. The highest BCUT2D eigenvalue weighted by Crippen LogP contribution is 2.43. The Kier molecular flexibility index (Phi) is 8.32. The van der Waals surface area contributed by atoms with E-state index in [1.54, 1.807) is 6.92 Å². The zero-order valence-corrected chi connectivity index (χ0v) is 23.7. The van der Waals surface area contributed by atoms with Gasteiger partial charge in [-0.05, 0) is 67.5 Å². The van der Waals surface area contributed by atoms with Gasteiger partial charge in [0.1, 0.15) is 5.82 Å². The van der Waals surface area contributed by atoms with E-state index in [0.717, 1.165) is 42.6 Å². The molecule has 212 valence electrons. The molecule has 3 aromatic heterocycles. The number of fused-ring (bicyclic) bond motifs is 1. The number of carbonyl (C=O) groups is 1. The van der Waals surface area contributed by atoms with Gasteiger partial charge in [0.2, 0.25) is 0 Å². The minimum atomic E-state index is -1.45. The number of hydrogen-bond acceptors (Lipinski definition) is 6. The molecule has 0 amide bonds. The van der Waals surface area contributed by atoms with E-state index in [1.807, 2.05) is 41.8 Å². The van der Waals surface area contributed by atoms with E-state index >= 15 is 8.78 Å². The number of esters is 1. The number of benzene rings is 2. The molecule has 1 aliphatic heterocycles. The van der Waals surface area contributed by atoms with Gasteiger partial charge in [-0.15, -0.1) is 23.7 Å². The average Bonchev–Trinajstić information content (AvgIpc) is 3.65. The number of aromatic amines is 1. The standard InChI is InChI=1S/C30H25F3N4O2S.ClH/c1-2-39-30(38)25-22(17-8-10-18(11-9-17)37-14-4-3-5-15-37)24-27(21-7-6-16-40-21)35-36-29(24)34-28(25)23-19(31)12-13-20(32)26(23)33;/h6-13,16H,2-5,14-15H2,1H3,(H,34,35,36);1H. The van der Waals surface area contributed by atoms with Crippen molar-refractivity contribution in [2.24, 2.45) is 0 Å². The van der Waals surface area contributed by atoms with Crippen molar-refractivity contribution >= 4 is 46.4 Å². The summed E-state index contributed by atoms with van der Waals surface area (Å²) in [6.07, 6.45) is 3.44. The molecule has 0 saturated carbocycles. The molecule has 6 nitrogen and oxygen atoms in total. The third-order valence-electron chi connectivity index (χ3n) is 7.11. The summed E-state index contributed by atoms with van der Waals surface area (Å²) in [6, 6.07) is 13.0. The van der Waals surface area contributed by atoms with Crippen LogP contribution in [0.2, 0.25) is 0 Å². The van der Waals surface area contributed by atoms with Gasteiger partial charge < -0.3 is 9.64 Å². The molecule has 4 heterocycles. The first kappa shape index (κ1) is 28.6. The molecule has 11 heteroatoms. The summed E-state index contributed by atoms with van der Waals surface area (Å²) in [5, 5.41) is 9.72. The Hall–Kier alpha value is -3.89. The van der Waals surface area contributed by atoms with E-state index < -0.39 is 29.0 Å². The Balaban J connectivity index is 0.00000337. The Labute approximate surface area is 244 Å². The molecule has 6 rings (SSSR count). The second-order valence-corrected chi connectivity index (χ2v) is 10.5. The molecule has 1 N–H and O–H groups in total. The maximum absolute atomic E-state index is 15.2. The number of pyridine rings is 1. The maximum Gasteiger partial charge on any atom is 0.341 e. The third kappa shape index (κ3) is 5.17. The van der Waals surface area contributed by atoms with Gasteiger partial charge in [0.05, 0.1) is 39.4 Å². The van der Waals surface area contributed by atoms with Crippen molar-refractivity contribution in [3.8, 4) is 33.0 Å². The lowest BCUT2D eigenvalue weighted by Gasteiger charge is -2.29. The number of nitrogens with one attached hydrogen (secondary N) is 1. The van der Waals surface area contributed by atoms with Crippen LogP contribution in [0.3, 0.4) is 0 Å². The summed E-state index contributed by atoms with van der Waals surface area (Å²) < 4.78 is 50.0. The van der Waals surface area contributed by atoms with E-state index in [-0.39, 0.29) is 35.9 Å². The molecule has 1 saturated heterocycles. The van der Waals surface area contributed by atoms with Crippen LogP contribution >= 0.6 is 23.7 Å². The quantitative estimate of drug-likeness (QED) is 0.158. The van der Waals surface area contributed by atoms with Crippen LogP contribution in [0.1, 0.15) is 36.5 Å². The summed E-state index contributed by atoms with van der Waals surface area (Å²) in [7, 11) is 0. The van der Waals surface area contributed by atoms with Crippen molar-refractivity contribution in [2.75, 3.05) is 24.6 Å². The van der Waals surface area contributed by atoms with Crippen LogP contribution < -0.4 is 4.90 Å². The summed E-state index contributed by atoms with van der Waals surface area (Å²) in [4.78, 5) is 21.1. The first-order valence-corrected chi connectivity index (χ1v) is 14.0. The number of anilines is 1. The molecule has 0 spiro atoms. The number of halogens is 4. The zero-order chi connectivity index (χ0) is 27.8. The van der Waals surface area contributed by atoms with Crippen LogP contribution in [0, 0.1) is 17.5 Å². The van der Waals surface area contributed by atoms with E-state index in [1.165, 1.54) is 17.8 Å². The van der Waals surface area contributed by atoms with Gasteiger partial charge in [-0.25, -0.2) is 22.9 Å². The summed E-state index contributed by atoms with van der Waals surface area (Å²) in [5.74, 6) is -4.60. The van der Waals surface area contributed by atoms with Crippen LogP contribution in [0.5, 0.6) is 0 Å². The fourth-order valence-corrected chi connectivity index (χ4v) is 5.99. The zero-order valence-electron chi connectivity index (χ0n) is 22.0. The molecule has 41 heavy (non-hydrogen) atoms. The van der Waals surface area contributed by atoms with E-state index in [0.29, 0.717) is 28.3 Å². The number of H-pyrrole nitrogens is 1. The number of rotatable bonds is 6. The first-order valence-electron chi connectivity index (χ1n) is 13.1. The molecule has 5 aromatic rings. The lowest BCUT2D eigenvalue weighted by Crippen LogP contribution is -2.29. The van der Waals surface area contributed by atoms with Gasteiger partial charge in [0.25, 0.3) is 0 Å². The molecular formula is C30H26ClF3N4O2S. The SMILES string of the molecule is CCOC(=O)c1c(-c2c(F)ccc(F)c2F)nc2n[nH]c(-c3cccs3)c2c1-c1ccc(N2CCCCC2)cc1.Cl. The molecule has 0 atom stereocenters. The highest BCUT2D eigenvalue weighted by molar-refractivity contribution is 7.13. The number of aromatic nitrogens is 3. The van der Waals surface area contributed by atoms with Crippen LogP contribution in [-0.2, 0) is 4.74 Å². The number of thiophene rings is 1. The molecule has 0 bridgehead atoms. The molecule has 0 radical (unpaired) electrons. The van der Waals surface area contributed by atoms with E-state index in [2.05, 4.69) is 20.1 Å². The summed E-state index contributed by atoms with van der Waals surface area (Å²) >= 11 is 1.46. The molecule has 0 aliphatic carbocycles. The van der Waals surface area contributed by atoms with Gasteiger partial charge in [0, 0.05) is 24.3 Å². The largest absolute Gasteiger partial charge is 0.462 e. The first-order chi connectivity index (χ1) is 19.5. The van der Waals surface area contributed by atoms with Gasteiger partial charge in [-0.1, -0.05) is 18.2 Å². The molecule has 2 aromatic carbocycles. The monoisotopic (exact) mass is 598 g/mol. The Morgan fingerprint density at radius 2 is 1.73 bits per heavy atom. The minimum absolute atomic E-state index is 0. The predicted octanol–water partition coefficient (Wildman–Crippen LogP) is 8.03. The topological polar surface area (TPSA) is 71.1 Å². The van der Waals surface area contributed by atoms with Crippen LogP contribution in [0.15, 0.2) is 53.9 Å². The molecular weight excluding hydrogens is 573 g/mol. The summed E-state index contributed by atoms with van der Waals surface area (Å²) in [5.41, 5.74) is 1.44. The normalized spacial score (nSPS) is 13.3. The van der Waals surface area contributed by atoms with Crippen molar-refractivity contribution in [3.63, 3.8) is 0 Å². The smallest absolute Gasteiger partial charge is 0.341 e.